The van der Waals surface area contributed by atoms with Gasteiger partial charge in [-0.25, -0.2) is 9.97 Å². The number of nitrogens with zero attached hydrogens (tertiary/aromatic N) is 3. The van der Waals surface area contributed by atoms with E-state index in [1.807, 2.05) is 45.0 Å². The van der Waals surface area contributed by atoms with E-state index in [1.165, 1.54) is 11.8 Å². The number of carbonyl (C=O) groups excluding carboxylic acids is 1. The third-order valence-corrected chi connectivity index (χ3v) is 4.02. The first-order valence-corrected chi connectivity index (χ1v) is 8.37. The van der Waals surface area contributed by atoms with Crippen LogP contribution < -0.4 is 10.6 Å². The van der Waals surface area contributed by atoms with Crippen molar-refractivity contribution in [3.8, 4) is 0 Å². The van der Waals surface area contributed by atoms with Crippen LogP contribution in [0.1, 0.15) is 32.7 Å². The number of hydrogen-bond acceptors (Lipinski definition) is 5. The molecule has 3 aromatic rings. The Bertz CT molecular complexity index is 884. The van der Waals surface area contributed by atoms with Crippen molar-refractivity contribution >= 4 is 17.4 Å². The maximum atomic E-state index is 12.5. The molecule has 2 aromatic heterocycles. The Balaban J connectivity index is 1.66. The minimum atomic E-state index is -0.270. The normalized spacial score (nSPS) is 10.4. The molecule has 0 bridgehead atoms. The van der Waals surface area contributed by atoms with Gasteiger partial charge in [-0.2, -0.15) is 0 Å². The van der Waals surface area contributed by atoms with E-state index in [0.717, 1.165) is 22.4 Å². The van der Waals surface area contributed by atoms with Crippen LogP contribution in [-0.2, 0) is 6.54 Å². The molecule has 132 valence electrons. The van der Waals surface area contributed by atoms with E-state index in [1.54, 1.807) is 18.6 Å². The van der Waals surface area contributed by atoms with Crippen LogP contribution in [0.5, 0.6) is 0 Å². The zero-order valence-corrected chi connectivity index (χ0v) is 15.1. The fourth-order valence-electron chi connectivity index (χ4n) is 2.78. The van der Waals surface area contributed by atoms with Gasteiger partial charge in [-0.3, -0.25) is 9.78 Å². The summed E-state index contributed by atoms with van der Waals surface area (Å²) in [4.78, 5) is 24.9. The van der Waals surface area contributed by atoms with E-state index in [0.29, 0.717) is 12.4 Å². The summed E-state index contributed by atoms with van der Waals surface area (Å²) in [7, 11) is 0. The molecular weight excluding hydrogens is 326 g/mol. The molecule has 0 aliphatic heterocycles. The third-order valence-electron chi connectivity index (χ3n) is 4.02. The number of pyridine rings is 1. The lowest BCUT2D eigenvalue weighted by molar-refractivity contribution is 0.102. The van der Waals surface area contributed by atoms with Crippen LogP contribution in [0.15, 0.2) is 49.1 Å². The minimum absolute atomic E-state index is 0.270. The Hall–Kier alpha value is -3.28. The molecule has 0 radical (unpaired) electrons. The monoisotopic (exact) mass is 347 g/mol. The van der Waals surface area contributed by atoms with Gasteiger partial charge in [0, 0.05) is 24.6 Å². The highest BCUT2D eigenvalue weighted by atomic mass is 16.1. The van der Waals surface area contributed by atoms with Crippen molar-refractivity contribution in [1.29, 1.82) is 0 Å². The Morgan fingerprint density at radius 1 is 1.00 bits per heavy atom. The van der Waals surface area contributed by atoms with Gasteiger partial charge in [0.05, 0.1) is 12.4 Å². The van der Waals surface area contributed by atoms with Crippen LogP contribution >= 0.6 is 0 Å². The standard InChI is InChI=1S/C20H21N5O/c1-13-8-14(2)19(15(3)9-13)25-20(26)17-11-24-18(12-22-17)23-10-16-4-6-21-7-5-16/h4-9,11-12H,10H2,1-3H3,(H,23,24)(H,25,26). The van der Waals surface area contributed by atoms with Gasteiger partial charge in [0.25, 0.3) is 5.91 Å². The molecule has 6 nitrogen and oxygen atoms in total. The summed E-state index contributed by atoms with van der Waals surface area (Å²) in [5, 5.41) is 6.10. The molecule has 0 atom stereocenters. The fraction of sp³-hybridized carbons (Fsp3) is 0.200. The minimum Gasteiger partial charge on any atom is -0.365 e. The molecule has 2 N–H and O–H groups in total. The van der Waals surface area contributed by atoms with Gasteiger partial charge in [-0.1, -0.05) is 17.7 Å². The Morgan fingerprint density at radius 3 is 2.31 bits per heavy atom. The van der Waals surface area contributed by atoms with Crippen molar-refractivity contribution in [2.75, 3.05) is 10.6 Å². The zero-order chi connectivity index (χ0) is 18.5. The van der Waals surface area contributed by atoms with Crippen molar-refractivity contribution in [3.63, 3.8) is 0 Å². The summed E-state index contributed by atoms with van der Waals surface area (Å²) >= 11 is 0. The third kappa shape index (κ3) is 4.22. The molecule has 0 fully saturated rings. The molecule has 0 saturated carbocycles. The predicted molar refractivity (Wildman–Crippen MR) is 102 cm³/mol. The zero-order valence-electron chi connectivity index (χ0n) is 15.1. The van der Waals surface area contributed by atoms with Gasteiger partial charge >= 0.3 is 0 Å². The molecular formula is C20H21N5O. The van der Waals surface area contributed by atoms with Gasteiger partial charge in [-0.05, 0) is 49.6 Å². The Labute approximate surface area is 152 Å². The lowest BCUT2D eigenvalue weighted by Crippen LogP contribution is -2.16. The van der Waals surface area contributed by atoms with Crippen molar-refractivity contribution in [1.82, 2.24) is 15.0 Å². The SMILES string of the molecule is Cc1cc(C)c(NC(=O)c2cnc(NCc3ccncc3)cn2)c(C)c1. The summed E-state index contributed by atoms with van der Waals surface area (Å²) in [6, 6.07) is 7.93. The molecule has 0 aliphatic carbocycles. The number of carbonyl (C=O) groups is 1. The number of benzene rings is 1. The number of aryl methyl sites for hydroxylation is 3. The summed E-state index contributed by atoms with van der Waals surface area (Å²) in [5.74, 6) is 0.342. The number of amides is 1. The Kier molecular flexibility index (Phi) is 5.22. The second-order valence-electron chi connectivity index (χ2n) is 6.22. The van der Waals surface area contributed by atoms with Crippen LogP contribution in [0.25, 0.3) is 0 Å². The van der Waals surface area contributed by atoms with E-state index in [2.05, 4.69) is 25.6 Å². The second kappa shape index (κ2) is 7.74. The first-order valence-electron chi connectivity index (χ1n) is 8.37. The van der Waals surface area contributed by atoms with Gasteiger partial charge < -0.3 is 10.6 Å². The Morgan fingerprint density at radius 2 is 1.69 bits per heavy atom. The molecule has 1 aromatic carbocycles. The van der Waals surface area contributed by atoms with Gasteiger partial charge in [0.15, 0.2) is 0 Å². The summed E-state index contributed by atoms with van der Waals surface area (Å²) in [5.41, 5.74) is 5.41. The van der Waals surface area contributed by atoms with Gasteiger partial charge in [0.2, 0.25) is 0 Å². The molecule has 0 spiro atoms. The molecule has 0 aliphatic rings. The van der Waals surface area contributed by atoms with E-state index in [-0.39, 0.29) is 11.6 Å². The van der Waals surface area contributed by atoms with Crippen LogP contribution in [-0.4, -0.2) is 20.9 Å². The van der Waals surface area contributed by atoms with Crippen LogP contribution in [0.4, 0.5) is 11.5 Å². The first-order chi connectivity index (χ1) is 12.5. The molecule has 3 rings (SSSR count). The average Bonchev–Trinajstić information content (AvgIpc) is 2.64. The van der Waals surface area contributed by atoms with E-state index < -0.39 is 0 Å². The highest BCUT2D eigenvalue weighted by Gasteiger charge is 2.12. The van der Waals surface area contributed by atoms with Crippen molar-refractivity contribution in [2.45, 2.75) is 27.3 Å². The van der Waals surface area contributed by atoms with E-state index in [9.17, 15) is 4.79 Å². The number of nitrogens with one attached hydrogen (secondary N) is 2. The summed E-state index contributed by atoms with van der Waals surface area (Å²) < 4.78 is 0. The predicted octanol–water partition coefficient (Wildman–Crippen LogP) is 3.66. The quantitative estimate of drug-likeness (QED) is 0.736. The fourth-order valence-corrected chi connectivity index (χ4v) is 2.78. The van der Waals surface area contributed by atoms with E-state index >= 15 is 0 Å². The maximum Gasteiger partial charge on any atom is 0.275 e. The molecule has 0 saturated heterocycles. The first kappa shape index (κ1) is 17.5. The number of rotatable bonds is 5. The second-order valence-corrected chi connectivity index (χ2v) is 6.22. The lowest BCUT2D eigenvalue weighted by Gasteiger charge is -2.12. The summed E-state index contributed by atoms with van der Waals surface area (Å²) in [6.07, 6.45) is 6.52. The number of anilines is 2. The van der Waals surface area contributed by atoms with Crippen molar-refractivity contribution in [2.24, 2.45) is 0 Å². The van der Waals surface area contributed by atoms with Crippen LogP contribution in [0, 0.1) is 20.8 Å². The van der Waals surface area contributed by atoms with Gasteiger partial charge in [0.1, 0.15) is 11.5 Å². The van der Waals surface area contributed by atoms with Crippen molar-refractivity contribution in [3.05, 3.63) is 77.0 Å². The lowest BCUT2D eigenvalue weighted by atomic mass is 10.1. The topological polar surface area (TPSA) is 79.8 Å². The molecule has 6 heteroatoms. The molecule has 0 unspecified atom stereocenters. The largest absolute Gasteiger partial charge is 0.365 e. The highest BCUT2D eigenvalue weighted by molar-refractivity contribution is 6.03. The smallest absolute Gasteiger partial charge is 0.275 e. The van der Waals surface area contributed by atoms with E-state index in [4.69, 9.17) is 0 Å². The molecule has 2 heterocycles. The number of aromatic nitrogens is 3. The summed E-state index contributed by atoms with van der Waals surface area (Å²) in [6.45, 7) is 6.61. The van der Waals surface area contributed by atoms with Crippen LogP contribution in [0.2, 0.25) is 0 Å². The maximum absolute atomic E-state index is 12.5. The molecule has 26 heavy (non-hydrogen) atoms. The highest BCUT2D eigenvalue weighted by Crippen LogP contribution is 2.22. The molecule has 1 amide bonds. The average molecular weight is 347 g/mol. The van der Waals surface area contributed by atoms with Crippen molar-refractivity contribution < 1.29 is 4.79 Å². The number of hydrogen-bond donors (Lipinski definition) is 2. The van der Waals surface area contributed by atoms with Crippen LogP contribution in [0.3, 0.4) is 0 Å². The van der Waals surface area contributed by atoms with Gasteiger partial charge in [-0.15, -0.1) is 0 Å².